The van der Waals surface area contributed by atoms with Gasteiger partial charge in [0.05, 0.1) is 12.2 Å². The van der Waals surface area contributed by atoms with E-state index in [0.717, 1.165) is 37.4 Å². The van der Waals surface area contributed by atoms with Crippen LogP contribution in [0.1, 0.15) is 92.9 Å². The number of hydrogen-bond donors (Lipinski definition) is 1. The number of ether oxygens (including phenoxy) is 1. The van der Waals surface area contributed by atoms with Crippen molar-refractivity contribution in [1.29, 1.82) is 0 Å². The van der Waals surface area contributed by atoms with Crippen molar-refractivity contribution in [2.75, 3.05) is 13.2 Å². The first-order valence-electron chi connectivity index (χ1n) is 12.6. The van der Waals surface area contributed by atoms with Crippen LogP contribution in [0, 0.1) is 46.3 Å². The van der Waals surface area contributed by atoms with Crippen LogP contribution in [-0.2, 0) is 4.74 Å². The number of hydrogen-bond acceptors (Lipinski definition) is 2. The molecular weight excluding hydrogens is 356 g/mol. The smallest absolute Gasteiger partial charge is 0.0837 e. The summed E-state index contributed by atoms with van der Waals surface area (Å²) in [7, 11) is 0. The summed E-state index contributed by atoms with van der Waals surface area (Å²) in [5.74, 6) is 4.19. The molecule has 0 amide bonds. The summed E-state index contributed by atoms with van der Waals surface area (Å²) >= 11 is 0. The zero-order valence-corrected chi connectivity index (χ0v) is 20.0. The molecule has 4 aliphatic rings. The summed E-state index contributed by atoms with van der Waals surface area (Å²) in [6, 6.07) is 0. The van der Waals surface area contributed by atoms with E-state index in [4.69, 9.17) is 4.74 Å². The fourth-order valence-corrected chi connectivity index (χ4v) is 8.56. The highest BCUT2D eigenvalue weighted by Crippen LogP contribution is 2.68. The molecule has 2 heteroatoms. The van der Waals surface area contributed by atoms with Gasteiger partial charge in [-0.2, -0.15) is 0 Å². The van der Waals surface area contributed by atoms with Gasteiger partial charge in [-0.05, 0) is 90.9 Å². The van der Waals surface area contributed by atoms with E-state index in [1.54, 1.807) is 0 Å². The van der Waals surface area contributed by atoms with Crippen molar-refractivity contribution in [2.24, 2.45) is 46.3 Å². The van der Waals surface area contributed by atoms with Crippen LogP contribution in [0.3, 0.4) is 0 Å². The Balaban J connectivity index is 1.58. The van der Waals surface area contributed by atoms with Gasteiger partial charge in [-0.15, -0.1) is 0 Å². The molecule has 0 aromatic rings. The number of rotatable bonds is 5. The Morgan fingerprint density at radius 1 is 1.03 bits per heavy atom. The molecule has 0 radical (unpaired) electrons. The van der Waals surface area contributed by atoms with Crippen LogP contribution in [0.4, 0.5) is 0 Å². The van der Waals surface area contributed by atoms with Crippen molar-refractivity contribution in [3.05, 3.63) is 11.6 Å². The highest BCUT2D eigenvalue weighted by atomic mass is 16.5. The van der Waals surface area contributed by atoms with Crippen LogP contribution >= 0.6 is 0 Å². The molecule has 2 nitrogen and oxygen atoms in total. The summed E-state index contributed by atoms with van der Waals surface area (Å²) in [4.78, 5) is 0. The van der Waals surface area contributed by atoms with Crippen molar-refractivity contribution in [3.63, 3.8) is 0 Å². The van der Waals surface area contributed by atoms with Gasteiger partial charge >= 0.3 is 0 Å². The molecule has 0 bridgehead atoms. The minimum absolute atomic E-state index is 0.244. The van der Waals surface area contributed by atoms with Crippen LogP contribution in [0.5, 0.6) is 0 Å². The van der Waals surface area contributed by atoms with Gasteiger partial charge in [-0.25, -0.2) is 0 Å². The molecule has 3 aliphatic carbocycles. The van der Waals surface area contributed by atoms with E-state index in [2.05, 4.69) is 47.6 Å². The third kappa shape index (κ3) is 3.55. The van der Waals surface area contributed by atoms with Gasteiger partial charge in [0.2, 0.25) is 0 Å². The minimum atomic E-state index is -0.678. The molecule has 2 saturated carbocycles. The Morgan fingerprint density at radius 2 is 1.79 bits per heavy atom. The maximum Gasteiger partial charge on any atom is 0.0837 e. The molecule has 3 fully saturated rings. The largest absolute Gasteiger partial charge is 0.386 e. The first-order chi connectivity index (χ1) is 13.6. The van der Waals surface area contributed by atoms with Crippen molar-refractivity contribution < 1.29 is 9.84 Å². The van der Waals surface area contributed by atoms with Gasteiger partial charge < -0.3 is 9.84 Å². The van der Waals surface area contributed by atoms with Crippen molar-refractivity contribution >= 4 is 0 Å². The lowest BCUT2D eigenvalue weighted by Crippen LogP contribution is -2.59. The maximum absolute atomic E-state index is 11.7. The summed E-state index contributed by atoms with van der Waals surface area (Å²) in [6.07, 6.45) is 12.8. The average molecular weight is 403 g/mol. The van der Waals surface area contributed by atoms with Crippen LogP contribution in [-0.4, -0.2) is 23.9 Å². The predicted molar refractivity (Wildman–Crippen MR) is 121 cm³/mol. The molecular formula is C27H46O2. The zero-order valence-electron chi connectivity index (χ0n) is 20.0. The van der Waals surface area contributed by atoms with Gasteiger partial charge in [0.1, 0.15) is 0 Å². The molecule has 1 saturated heterocycles. The summed E-state index contributed by atoms with van der Waals surface area (Å²) < 4.78 is 5.81. The number of aliphatic hydroxyl groups is 1. The molecule has 8 unspecified atom stereocenters. The molecule has 1 heterocycles. The highest BCUT2D eigenvalue weighted by molar-refractivity contribution is 5.30. The lowest BCUT2D eigenvalue weighted by Gasteiger charge is -2.61. The van der Waals surface area contributed by atoms with Gasteiger partial charge in [0.15, 0.2) is 0 Å². The molecule has 4 rings (SSSR count). The fourth-order valence-electron chi connectivity index (χ4n) is 8.56. The molecule has 0 spiro atoms. The Morgan fingerprint density at radius 3 is 2.52 bits per heavy atom. The minimum Gasteiger partial charge on any atom is -0.386 e. The normalized spacial score (nSPS) is 47.9. The zero-order chi connectivity index (χ0) is 21.0. The number of fused-ring (bicyclic) bond motifs is 5. The van der Waals surface area contributed by atoms with Crippen LogP contribution in [0.15, 0.2) is 11.6 Å². The monoisotopic (exact) mass is 402 g/mol. The molecule has 1 aliphatic heterocycles. The van der Waals surface area contributed by atoms with Crippen LogP contribution in [0.25, 0.3) is 0 Å². The highest BCUT2D eigenvalue weighted by Gasteiger charge is 2.63. The third-order valence-corrected chi connectivity index (χ3v) is 10.2. The summed E-state index contributed by atoms with van der Waals surface area (Å²) in [6.45, 7) is 16.0. The topological polar surface area (TPSA) is 29.5 Å². The van der Waals surface area contributed by atoms with Crippen molar-refractivity contribution in [2.45, 2.75) is 98.5 Å². The van der Waals surface area contributed by atoms with Gasteiger partial charge in [-0.1, -0.05) is 60.0 Å². The van der Waals surface area contributed by atoms with Crippen LogP contribution in [0.2, 0.25) is 0 Å². The van der Waals surface area contributed by atoms with Crippen molar-refractivity contribution in [1.82, 2.24) is 0 Å². The first-order valence-corrected chi connectivity index (χ1v) is 12.6. The summed E-state index contributed by atoms with van der Waals surface area (Å²) in [5, 5.41) is 11.7. The Hall–Kier alpha value is -0.340. The third-order valence-electron chi connectivity index (χ3n) is 10.2. The molecule has 0 aromatic carbocycles. The van der Waals surface area contributed by atoms with Gasteiger partial charge in [0.25, 0.3) is 0 Å². The maximum atomic E-state index is 11.7. The Labute approximate surface area is 179 Å². The second-order valence-electron chi connectivity index (χ2n) is 12.4. The Kier molecular flexibility index (Phi) is 5.78. The van der Waals surface area contributed by atoms with E-state index in [-0.39, 0.29) is 5.41 Å². The van der Waals surface area contributed by atoms with E-state index in [9.17, 15) is 5.11 Å². The molecule has 1 N–H and O–H groups in total. The lowest BCUT2D eigenvalue weighted by atomic mass is 9.45. The van der Waals surface area contributed by atoms with Gasteiger partial charge in [0, 0.05) is 6.61 Å². The van der Waals surface area contributed by atoms with E-state index in [0.29, 0.717) is 23.2 Å². The summed E-state index contributed by atoms with van der Waals surface area (Å²) in [5.41, 5.74) is 1.36. The quantitative estimate of drug-likeness (QED) is 0.523. The van der Waals surface area contributed by atoms with E-state index in [1.807, 2.05) is 0 Å². The van der Waals surface area contributed by atoms with Crippen molar-refractivity contribution in [3.8, 4) is 0 Å². The van der Waals surface area contributed by atoms with E-state index < -0.39 is 5.60 Å². The molecule has 0 aromatic heterocycles. The molecule has 8 atom stereocenters. The van der Waals surface area contributed by atoms with E-state index >= 15 is 0 Å². The van der Waals surface area contributed by atoms with Gasteiger partial charge in [-0.3, -0.25) is 0 Å². The Bertz CT molecular complexity index is 634. The lowest BCUT2D eigenvalue weighted by molar-refractivity contribution is -0.138. The average Bonchev–Trinajstić information content (AvgIpc) is 2.98. The second-order valence-corrected chi connectivity index (χ2v) is 12.4. The standard InChI is InChI=1S/C27H46O2/c1-18(2)8-7-9-19(3)21-10-11-22-24-23(12-13-26(21,22)5)25(4)14-15-29-17-20(25)16-27(24,6)28/h16,18-19,21-24,28H,7-15,17H2,1-6H3. The predicted octanol–water partition coefficient (Wildman–Crippen LogP) is 6.63. The second kappa shape index (κ2) is 7.66. The SMILES string of the molecule is CC(C)CCCC(C)C1CCC2C3C(CCC12C)C1(C)CCOCC1=CC3(C)O. The van der Waals surface area contributed by atoms with Crippen LogP contribution < -0.4 is 0 Å². The van der Waals surface area contributed by atoms with E-state index in [1.165, 1.54) is 50.5 Å². The molecule has 166 valence electrons. The first kappa shape index (κ1) is 21.9. The molecule has 29 heavy (non-hydrogen) atoms. The fraction of sp³-hybridized carbons (Fsp3) is 0.926.